The Morgan fingerprint density at radius 2 is 1.90 bits per heavy atom. The van der Waals surface area contributed by atoms with Gasteiger partial charge >= 0.3 is 0 Å². The van der Waals surface area contributed by atoms with Crippen LogP contribution in [-0.2, 0) is 10.0 Å². The third-order valence-corrected chi connectivity index (χ3v) is 6.14. The van der Waals surface area contributed by atoms with Crippen LogP contribution >= 0.6 is 0 Å². The zero-order valence-corrected chi connectivity index (χ0v) is 13.4. The number of hydrogen-bond donors (Lipinski definition) is 1. The molecule has 2 N–H and O–H groups in total. The summed E-state index contributed by atoms with van der Waals surface area (Å²) < 4.78 is 27.4. The third-order valence-electron chi connectivity index (χ3n) is 4.00. The second kappa shape index (κ2) is 5.35. The van der Waals surface area contributed by atoms with Gasteiger partial charge in [0, 0.05) is 31.4 Å². The smallest absolute Gasteiger partial charge is 0.243 e. The zero-order valence-electron chi connectivity index (χ0n) is 12.5. The van der Waals surface area contributed by atoms with Crippen molar-refractivity contribution in [1.82, 2.24) is 9.21 Å². The van der Waals surface area contributed by atoms with E-state index >= 15 is 0 Å². The lowest BCUT2D eigenvalue weighted by Crippen LogP contribution is -2.52. The zero-order chi connectivity index (χ0) is 15.1. The Balaban J connectivity index is 2.46. The van der Waals surface area contributed by atoms with Crippen LogP contribution in [0, 0.1) is 13.8 Å². The minimum atomic E-state index is -3.48. The number of nitrogens with two attached hydrogens (primary N) is 1. The van der Waals surface area contributed by atoms with Gasteiger partial charge in [0.2, 0.25) is 10.0 Å². The van der Waals surface area contributed by atoms with Gasteiger partial charge in [-0.1, -0.05) is 0 Å². The molecule has 2 rings (SSSR count). The molecular weight excluding hydrogens is 274 g/mol. The summed E-state index contributed by atoms with van der Waals surface area (Å²) in [7, 11) is -1.47. The highest BCUT2D eigenvalue weighted by atomic mass is 32.2. The molecular formula is C14H23N3O2S. The maximum atomic E-state index is 12.9. The van der Waals surface area contributed by atoms with Crippen LogP contribution in [0.4, 0.5) is 5.69 Å². The summed E-state index contributed by atoms with van der Waals surface area (Å²) in [6.45, 7) is 7.69. The van der Waals surface area contributed by atoms with Crippen molar-refractivity contribution in [1.29, 1.82) is 0 Å². The number of likely N-dealkylation sites (N-methyl/N-ethyl adjacent to an activating group) is 1. The fraction of sp³-hybridized carbons (Fsp3) is 0.571. The molecule has 6 heteroatoms. The molecule has 0 bridgehead atoms. The van der Waals surface area contributed by atoms with E-state index in [0.29, 0.717) is 17.1 Å². The van der Waals surface area contributed by atoms with Crippen molar-refractivity contribution >= 4 is 15.7 Å². The number of piperazine rings is 1. The molecule has 112 valence electrons. The molecule has 1 fully saturated rings. The van der Waals surface area contributed by atoms with Crippen LogP contribution in [0.15, 0.2) is 17.0 Å². The Morgan fingerprint density at radius 3 is 2.50 bits per heavy atom. The number of benzene rings is 1. The summed E-state index contributed by atoms with van der Waals surface area (Å²) in [5.74, 6) is 0. The molecule has 1 aliphatic heterocycles. The molecule has 20 heavy (non-hydrogen) atoms. The van der Waals surface area contributed by atoms with E-state index in [2.05, 4.69) is 4.90 Å². The number of hydrogen-bond acceptors (Lipinski definition) is 4. The van der Waals surface area contributed by atoms with Crippen molar-refractivity contribution in [2.45, 2.75) is 31.7 Å². The summed E-state index contributed by atoms with van der Waals surface area (Å²) in [6.07, 6.45) is 0. The second-order valence-corrected chi connectivity index (χ2v) is 7.55. The van der Waals surface area contributed by atoms with Gasteiger partial charge in [-0.15, -0.1) is 0 Å². The molecule has 1 saturated heterocycles. The van der Waals surface area contributed by atoms with Gasteiger partial charge in [0.25, 0.3) is 0 Å². The summed E-state index contributed by atoms with van der Waals surface area (Å²) >= 11 is 0. The molecule has 1 aliphatic rings. The van der Waals surface area contributed by atoms with Crippen molar-refractivity contribution in [2.24, 2.45) is 0 Å². The molecule has 0 saturated carbocycles. The fourth-order valence-corrected chi connectivity index (χ4v) is 4.68. The van der Waals surface area contributed by atoms with Crippen LogP contribution in [0.5, 0.6) is 0 Å². The van der Waals surface area contributed by atoms with Crippen LogP contribution in [0.25, 0.3) is 0 Å². The number of aryl methyl sites for hydroxylation is 1. The van der Waals surface area contributed by atoms with Crippen molar-refractivity contribution < 1.29 is 8.42 Å². The number of nitrogen functional groups attached to an aromatic ring is 1. The topological polar surface area (TPSA) is 66.6 Å². The van der Waals surface area contributed by atoms with Gasteiger partial charge < -0.3 is 10.6 Å². The lowest BCUT2D eigenvalue weighted by molar-refractivity contribution is 0.170. The SMILES string of the molecule is Cc1cc(N)cc(S(=O)(=O)N2CCN(C)CC2C)c1C. The van der Waals surface area contributed by atoms with Gasteiger partial charge in [-0.05, 0) is 51.1 Å². The highest BCUT2D eigenvalue weighted by Crippen LogP contribution is 2.27. The molecule has 1 atom stereocenters. The number of anilines is 1. The molecule has 1 aromatic carbocycles. The van der Waals surface area contributed by atoms with E-state index in [1.54, 1.807) is 10.4 Å². The summed E-state index contributed by atoms with van der Waals surface area (Å²) in [4.78, 5) is 2.49. The van der Waals surface area contributed by atoms with Gasteiger partial charge in [-0.2, -0.15) is 4.31 Å². The molecule has 0 amide bonds. The van der Waals surface area contributed by atoms with E-state index in [1.165, 1.54) is 0 Å². The average Bonchev–Trinajstić information content (AvgIpc) is 2.33. The first kappa shape index (κ1) is 15.3. The lowest BCUT2D eigenvalue weighted by atomic mass is 10.1. The monoisotopic (exact) mass is 297 g/mol. The maximum Gasteiger partial charge on any atom is 0.243 e. The first-order chi connectivity index (χ1) is 9.23. The van der Waals surface area contributed by atoms with E-state index in [4.69, 9.17) is 5.73 Å². The normalized spacial score (nSPS) is 22.1. The van der Waals surface area contributed by atoms with E-state index < -0.39 is 10.0 Å². The molecule has 0 aromatic heterocycles. The average molecular weight is 297 g/mol. The predicted octanol–water partition coefficient (Wildman–Crippen LogP) is 1.21. The Labute approximate surface area is 121 Å². The van der Waals surface area contributed by atoms with E-state index in [0.717, 1.165) is 24.2 Å². The summed E-state index contributed by atoms with van der Waals surface area (Å²) in [5.41, 5.74) is 8.00. The van der Waals surface area contributed by atoms with Crippen LogP contribution in [0.3, 0.4) is 0 Å². The van der Waals surface area contributed by atoms with Crippen LogP contribution in [0.2, 0.25) is 0 Å². The van der Waals surface area contributed by atoms with Crippen LogP contribution in [-0.4, -0.2) is 50.3 Å². The maximum absolute atomic E-state index is 12.9. The van der Waals surface area contributed by atoms with E-state index in [-0.39, 0.29) is 6.04 Å². The van der Waals surface area contributed by atoms with Crippen LogP contribution in [0.1, 0.15) is 18.1 Å². The van der Waals surface area contributed by atoms with Crippen LogP contribution < -0.4 is 5.73 Å². The number of nitrogens with zero attached hydrogens (tertiary/aromatic N) is 2. The quantitative estimate of drug-likeness (QED) is 0.833. The van der Waals surface area contributed by atoms with Gasteiger partial charge in [-0.25, -0.2) is 8.42 Å². The highest BCUT2D eigenvalue weighted by molar-refractivity contribution is 7.89. The molecule has 0 radical (unpaired) electrons. The minimum absolute atomic E-state index is 0.0279. The Hall–Kier alpha value is -1.11. The van der Waals surface area contributed by atoms with E-state index in [1.807, 2.05) is 33.9 Å². The fourth-order valence-electron chi connectivity index (χ4n) is 2.73. The lowest BCUT2D eigenvalue weighted by Gasteiger charge is -2.37. The molecule has 1 heterocycles. The Bertz CT molecular complexity index is 613. The first-order valence-corrected chi connectivity index (χ1v) is 8.24. The molecule has 1 unspecified atom stereocenters. The highest BCUT2D eigenvalue weighted by Gasteiger charge is 2.33. The van der Waals surface area contributed by atoms with Crippen molar-refractivity contribution in [3.63, 3.8) is 0 Å². The molecule has 1 aromatic rings. The molecule has 5 nitrogen and oxygen atoms in total. The van der Waals surface area contributed by atoms with Gasteiger partial charge in [0.05, 0.1) is 4.90 Å². The van der Waals surface area contributed by atoms with Crippen molar-refractivity contribution in [3.05, 3.63) is 23.3 Å². The molecule has 0 spiro atoms. The number of rotatable bonds is 2. The Kier molecular flexibility index (Phi) is 4.09. The predicted molar refractivity (Wildman–Crippen MR) is 81.2 cm³/mol. The molecule has 0 aliphatic carbocycles. The third kappa shape index (κ3) is 2.68. The van der Waals surface area contributed by atoms with Gasteiger partial charge in [0.15, 0.2) is 0 Å². The van der Waals surface area contributed by atoms with Crippen molar-refractivity contribution in [3.8, 4) is 0 Å². The summed E-state index contributed by atoms with van der Waals surface area (Å²) in [5, 5.41) is 0. The largest absolute Gasteiger partial charge is 0.399 e. The minimum Gasteiger partial charge on any atom is -0.399 e. The Morgan fingerprint density at radius 1 is 1.25 bits per heavy atom. The van der Waals surface area contributed by atoms with E-state index in [9.17, 15) is 8.42 Å². The standard InChI is InChI=1S/C14H23N3O2S/c1-10-7-13(15)8-14(12(10)3)20(18,19)17-6-5-16(4)9-11(17)2/h7-8,11H,5-6,9,15H2,1-4H3. The second-order valence-electron chi connectivity index (χ2n) is 5.69. The van der Waals surface area contributed by atoms with Gasteiger partial charge in [-0.3, -0.25) is 0 Å². The summed E-state index contributed by atoms with van der Waals surface area (Å²) in [6, 6.07) is 3.35. The van der Waals surface area contributed by atoms with Gasteiger partial charge in [0.1, 0.15) is 0 Å². The van der Waals surface area contributed by atoms with Crippen molar-refractivity contribution in [2.75, 3.05) is 32.4 Å². The number of sulfonamides is 1. The first-order valence-electron chi connectivity index (χ1n) is 6.80.